The molecule has 0 saturated heterocycles. The predicted octanol–water partition coefficient (Wildman–Crippen LogP) is 1.68. The Morgan fingerprint density at radius 2 is 1.96 bits per heavy atom. The van der Waals surface area contributed by atoms with Gasteiger partial charge in [-0.3, -0.25) is 9.48 Å². The van der Waals surface area contributed by atoms with Gasteiger partial charge in [-0.05, 0) is 30.7 Å². The molecule has 1 amide bonds. The summed E-state index contributed by atoms with van der Waals surface area (Å²) in [6.45, 7) is 3.89. The fraction of sp³-hybridized carbons (Fsp3) is 0.250. The van der Waals surface area contributed by atoms with Crippen LogP contribution in [0.5, 0.6) is 0 Å². The highest BCUT2D eigenvalue weighted by molar-refractivity contribution is 7.89. The molecule has 0 unspecified atom stereocenters. The fourth-order valence-electron chi connectivity index (χ4n) is 2.10. The number of anilines is 1. The molecule has 1 aromatic heterocycles. The van der Waals surface area contributed by atoms with Crippen LogP contribution in [0.1, 0.15) is 18.2 Å². The molecule has 2 N–H and O–H groups in total. The van der Waals surface area contributed by atoms with E-state index in [0.29, 0.717) is 12.4 Å². The number of amides is 1. The molecule has 7 nitrogen and oxygen atoms in total. The lowest BCUT2D eigenvalue weighted by Gasteiger charge is -2.04. The lowest BCUT2D eigenvalue weighted by Crippen LogP contribution is -2.22. The Bertz CT molecular complexity index is 852. The van der Waals surface area contributed by atoms with Crippen LogP contribution in [-0.4, -0.2) is 30.7 Å². The van der Waals surface area contributed by atoms with Crippen molar-refractivity contribution in [2.24, 2.45) is 7.05 Å². The van der Waals surface area contributed by atoms with Crippen LogP contribution in [0.4, 0.5) is 5.82 Å². The van der Waals surface area contributed by atoms with E-state index in [1.807, 2.05) is 6.92 Å². The number of rotatable bonds is 6. The first-order valence-corrected chi connectivity index (χ1v) is 8.89. The molecule has 2 aromatic rings. The molecule has 128 valence electrons. The third kappa shape index (κ3) is 4.53. The zero-order chi connectivity index (χ0) is 17.7. The minimum atomic E-state index is -3.46. The van der Waals surface area contributed by atoms with Crippen LogP contribution < -0.4 is 10.0 Å². The van der Waals surface area contributed by atoms with Gasteiger partial charge in [-0.1, -0.05) is 19.1 Å². The summed E-state index contributed by atoms with van der Waals surface area (Å²) in [7, 11) is -1.72. The molecule has 0 aliphatic rings. The van der Waals surface area contributed by atoms with Crippen molar-refractivity contribution in [1.29, 1.82) is 0 Å². The van der Waals surface area contributed by atoms with Gasteiger partial charge in [-0.2, -0.15) is 5.10 Å². The van der Waals surface area contributed by atoms with Crippen LogP contribution in [0.2, 0.25) is 0 Å². The van der Waals surface area contributed by atoms with E-state index in [1.165, 1.54) is 18.2 Å². The largest absolute Gasteiger partial charge is 0.307 e. The number of hydrogen-bond donors (Lipinski definition) is 2. The van der Waals surface area contributed by atoms with Gasteiger partial charge in [0, 0.05) is 25.7 Å². The summed E-state index contributed by atoms with van der Waals surface area (Å²) in [6, 6.07) is 8.05. The molecular formula is C16H20N4O3S. The number of aryl methyl sites for hydroxylation is 2. The topological polar surface area (TPSA) is 93.1 Å². The van der Waals surface area contributed by atoms with E-state index in [0.717, 1.165) is 11.3 Å². The Labute approximate surface area is 141 Å². The van der Waals surface area contributed by atoms with Gasteiger partial charge in [0.2, 0.25) is 15.9 Å². The molecule has 1 aromatic carbocycles. The molecule has 0 fully saturated rings. The first-order valence-electron chi connectivity index (χ1n) is 7.41. The average molecular weight is 348 g/mol. The number of nitrogens with zero attached hydrogens (tertiary/aromatic N) is 2. The van der Waals surface area contributed by atoms with Crippen molar-refractivity contribution in [3.63, 3.8) is 0 Å². The number of aromatic nitrogens is 2. The lowest BCUT2D eigenvalue weighted by molar-refractivity contribution is -0.111. The van der Waals surface area contributed by atoms with Gasteiger partial charge in [0.05, 0.1) is 10.6 Å². The molecule has 0 aliphatic heterocycles. The average Bonchev–Trinajstić information content (AvgIpc) is 2.83. The summed E-state index contributed by atoms with van der Waals surface area (Å²) < 4.78 is 27.7. The lowest BCUT2D eigenvalue weighted by atomic mass is 10.2. The van der Waals surface area contributed by atoms with Crippen LogP contribution in [-0.2, 0) is 21.9 Å². The summed E-state index contributed by atoms with van der Waals surface area (Å²) in [4.78, 5) is 12.1. The molecule has 0 aliphatic carbocycles. The maximum Gasteiger partial charge on any atom is 0.249 e. The number of nitrogens with one attached hydrogen (secondary N) is 2. The second-order valence-electron chi connectivity index (χ2n) is 5.19. The molecule has 24 heavy (non-hydrogen) atoms. The van der Waals surface area contributed by atoms with Crippen LogP contribution in [0.3, 0.4) is 0 Å². The number of carbonyl (C=O) groups excluding carboxylic acids is 1. The highest BCUT2D eigenvalue weighted by Gasteiger charge is 2.11. The van der Waals surface area contributed by atoms with Crippen molar-refractivity contribution in [2.45, 2.75) is 18.7 Å². The van der Waals surface area contributed by atoms with Gasteiger partial charge >= 0.3 is 0 Å². The predicted molar refractivity (Wildman–Crippen MR) is 92.9 cm³/mol. The van der Waals surface area contributed by atoms with Crippen molar-refractivity contribution >= 4 is 27.8 Å². The Morgan fingerprint density at radius 1 is 1.29 bits per heavy atom. The molecule has 1 heterocycles. The van der Waals surface area contributed by atoms with Crippen LogP contribution in [0, 0.1) is 6.92 Å². The van der Waals surface area contributed by atoms with Crippen molar-refractivity contribution < 1.29 is 13.2 Å². The van der Waals surface area contributed by atoms with E-state index in [-0.39, 0.29) is 10.8 Å². The number of carbonyl (C=O) groups is 1. The van der Waals surface area contributed by atoms with Crippen molar-refractivity contribution in [3.05, 3.63) is 47.7 Å². The first-order chi connectivity index (χ1) is 11.3. The van der Waals surface area contributed by atoms with Crippen LogP contribution >= 0.6 is 0 Å². The Hall–Kier alpha value is -2.45. The minimum Gasteiger partial charge on any atom is -0.307 e. The standard InChI is InChI=1S/C16H20N4O3S/c1-4-17-24(22,23)14-8-5-13(6-9-14)7-10-16(21)18-15-11-12(2)19-20(15)3/h5-11,17H,4H2,1-3H3,(H,18,21)/b10-7+. The maximum atomic E-state index is 11.9. The third-order valence-corrected chi connectivity index (χ3v) is 4.77. The number of benzene rings is 1. The molecule has 0 spiro atoms. The summed E-state index contributed by atoms with van der Waals surface area (Å²) in [6.07, 6.45) is 3.00. The summed E-state index contributed by atoms with van der Waals surface area (Å²) in [5, 5.41) is 6.87. The van der Waals surface area contributed by atoms with Crippen LogP contribution in [0.25, 0.3) is 6.08 Å². The smallest absolute Gasteiger partial charge is 0.249 e. The molecule has 0 saturated carbocycles. The van der Waals surface area contributed by atoms with E-state index in [9.17, 15) is 13.2 Å². The van der Waals surface area contributed by atoms with Crippen molar-refractivity contribution in [1.82, 2.24) is 14.5 Å². The van der Waals surface area contributed by atoms with Crippen LogP contribution in [0.15, 0.2) is 41.3 Å². The van der Waals surface area contributed by atoms with E-state index >= 15 is 0 Å². The van der Waals surface area contributed by atoms with Gasteiger partial charge in [-0.15, -0.1) is 0 Å². The first kappa shape index (κ1) is 17.9. The second-order valence-corrected chi connectivity index (χ2v) is 6.95. The Kier molecular flexibility index (Phi) is 5.53. The van der Waals surface area contributed by atoms with Gasteiger partial charge in [0.15, 0.2) is 0 Å². The van der Waals surface area contributed by atoms with Gasteiger partial charge in [0.25, 0.3) is 0 Å². The maximum absolute atomic E-state index is 11.9. The summed E-state index contributed by atoms with van der Waals surface area (Å²) in [5.41, 5.74) is 1.54. The number of sulfonamides is 1. The van der Waals surface area contributed by atoms with E-state index in [1.54, 1.807) is 42.9 Å². The molecule has 0 atom stereocenters. The summed E-state index contributed by atoms with van der Waals surface area (Å²) in [5.74, 6) is 0.316. The van der Waals surface area contributed by atoms with Crippen molar-refractivity contribution in [2.75, 3.05) is 11.9 Å². The Morgan fingerprint density at radius 3 is 2.50 bits per heavy atom. The number of hydrogen-bond acceptors (Lipinski definition) is 4. The van der Waals surface area contributed by atoms with Gasteiger partial charge in [-0.25, -0.2) is 13.1 Å². The van der Waals surface area contributed by atoms with E-state index in [4.69, 9.17) is 0 Å². The quantitative estimate of drug-likeness (QED) is 0.777. The second kappa shape index (κ2) is 7.41. The molecule has 0 radical (unpaired) electrons. The summed E-state index contributed by atoms with van der Waals surface area (Å²) >= 11 is 0. The van der Waals surface area contributed by atoms with E-state index in [2.05, 4.69) is 15.1 Å². The monoisotopic (exact) mass is 348 g/mol. The zero-order valence-corrected chi connectivity index (χ0v) is 14.6. The van der Waals surface area contributed by atoms with Crippen molar-refractivity contribution in [3.8, 4) is 0 Å². The van der Waals surface area contributed by atoms with E-state index < -0.39 is 10.0 Å². The molecule has 0 bridgehead atoms. The Balaban J connectivity index is 2.04. The highest BCUT2D eigenvalue weighted by Crippen LogP contribution is 2.12. The van der Waals surface area contributed by atoms with Gasteiger partial charge in [0.1, 0.15) is 5.82 Å². The molecule has 8 heteroatoms. The highest BCUT2D eigenvalue weighted by atomic mass is 32.2. The normalized spacial score (nSPS) is 11.8. The zero-order valence-electron chi connectivity index (χ0n) is 13.8. The minimum absolute atomic E-state index is 0.191. The fourth-order valence-corrected chi connectivity index (χ4v) is 3.14. The molecular weight excluding hydrogens is 328 g/mol. The third-order valence-electron chi connectivity index (χ3n) is 3.21. The van der Waals surface area contributed by atoms with Gasteiger partial charge < -0.3 is 5.32 Å². The SMILES string of the molecule is CCNS(=O)(=O)c1ccc(/C=C/C(=O)Nc2cc(C)nn2C)cc1. The molecule has 2 rings (SSSR count).